The lowest BCUT2D eigenvalue weighted by molar-refractivity contribution is 0.0964. The van der Waals surface area contributed by atoms with Gasteiger partial charge in [0.2, 0.25) is 10.0 Å². The Kier molecular flexibility index (Phi) is 5.41. The first kappa shape index (κ1) is 17.0. The Bertz CT molecular complexity index is 580. The van der Waals surface area contributed by atoms with Gasteiger partial charge in [0.05, 0.1) is 19.1 Å². The fraction of sp³-hybridized carbons (Fsp3) is 0.750. The van der Waals surface area contributed by atoms with Crippen molar-refractivity contribution in [2.45, 2.75) is 19.4 Å². The Labute approximate surface area is 139 Å². The molecule has 130 valence electrons. The molecule has 3 rings (SSSR count). The van der Waals surface area contributed by atoms with Crippen molar-refractivity contribution in [3.8, 4) is 0 Å². The van der Waals surface area contributed by atoms with Crippen molar-refractivity contribution in [3.05, 3.63) is 24.2 Å². The normalized spacial score (nSPS) is 25.7. The van der Waals surface area contributed by atoms with Gasteiger partial charge in [0.1, 0.15) is 5.76 Å². The molecule has 6 nitrogen and oxygen atoms in total. The number of furan rings is 1. The summed E-state index contributed by atoms with van der Waals surface area (Å²) in [5.74, 6) is 1.49. The highest BCUT2D eigenvalue weighted by atomic mass is 32.2. The van der Waals surface area contributed by atoms with Crippen LogP contribution in [0.1, 0.15) is 18.6 Å². The summed E-state index contributed by atoms with van der Waals surface area (Å²) in [5.41, 5.74) is 0. The minimum Gasteiger partial charge on any atom is -0.468 e. The topological polar surface area (TPSA) is 57.0 Å². The van der Waals surface area contributed by atoms with Gasteiger partial charge in [-0.1, -0.05) is 0 Å². The average molecular weight is 341 g/mol. The second kappa shape index (κ2) is 7.34. The third-order valence-electron chi connectivity index (χ3n) is 4.89. The van der Waals surface area contributed by atoms with Crippen molar-refractivity contribution in [3.63, 3.8) is 0 Å². The van der Waals surface area contributed by atoms with Crippen LogP contribution in [0.4, 0.5) is 0 Å². The molecule has 7 heteroatoms. The van der Waals surface area contributed by atoms with Crippen LogP contribution >= 0.6 is 0 Å². The molecule has 0 unspecified atom stereocenters. The van der Waals surface area contributed by atoms with Crippen molar-refractivity contribution >= 4 is 10.0 Å². The van der Waals surface area contributed by atoms with Gasteiger partial charge in [-0.2, -0.15) is 0 Å². The standard InChI is InChI=1S/C16H27N3O3S/c1-23(20,21)19-6-2-4-15(13-19)12-17-7-9-18(10-8-17)14-16-5-3-11-22-16/h3,5,11,15H,2,4,6-10,12-14H2,1H3/t15-/m0/s1. The summed E-state index contributed by atoms with van der Waals surface area (Å²) >= 11 is 0. The molecule has 23 heavy (non-hydrogen) atoms. The van der Waals surface area contributed by atoms with Crippen molar-refractivity contribution in [1.82, 2.24) is 14.1 Å². The van der Waals surface area contributed by atoms with Crippen molar-refractivity contribution in [2.75, 3.05) is 52.1 Å². The smallest absolute Gasteiger partial charge is 0.211 e. The van der Waals surface area contributed by atoms with Crippen LogP contribution in [0.25, 0.3) is 0 Å². The zero-order chi connectivity index (χ0) is 16.3. The van der Waals surface area contributed by atoms with Crippen molar-refractivity contribution < 1.29 is 12.8 Å². The Morgan fingerprint density at radius 1 is 1.17 bits per heavy atom. The molecule has 0 bridgehead atoms. The number of hydrogen-bond donors (Lipinski definition) is 0. The summed E-state index contributed by atoms with van der Waals surface area (Å²) in [6.45, 7) is 7.46. The number of sulfonamides is 1. The minimum atomic E-state index is -3.04. The molecule has 0 aromatic carbocycles. The summed E-state index contributed by atoms with van der Waals surface area (Å²) in [7, 11) is -3.04. The molecular weight excluding hydrogens is 314 g/mol. The quantitative estimate of drug-likeness (QED) is 0.802. The highest BCUT2D eigenvalue weighted by Crippen LogP contribution is 2.20. The molecule has 0 amide bonds. The van der Waals surface area contributed by atoms with E-state index in [4.69, 9.17) is 4.42 Å². The van der Waals surface area contributed by atoms with Crippen molar-refractivity contribution in [2.24, 2.45) is 5.92 Å². The summed E-state index contributed by atoms with van der Waals surface area (Å²) < 4.78 is 30.5. The van der Waals surface area contributed by atoms with Crippen LogP contribution in [0.15, 0.2) is 22.8 Å². The molecule has 0 aliphatic carbocycles. The summed E-state index contributed by atoms with van der Waals surface area (Å²) in [6.07, 6.45) is 5.17. The van der Waals surface area contributed by atoms with Crippen LogP contribution in [0.2, 0.25) is 0 Å². The highest BCUT2D eigenvalue weighted by Gasteiger charge is 2.28. The lowest BCUT2D eigenvalue weighted by Crippen LogP contribution is -2.49. The Morgan fingerprint density at radius 2 is 1.91 bits per heavy atom. The lowest BCUT2D eigenvalue weighted by Gasteiger charge is -2.38. The zero-order valence-corrected chi connectivity index (χ0v) is 14.7. The number of piperidine rings is 1. The molecule has 0 saturated carbocycles. The molecule has 1 aromatic rings. The van der Waals surface area contributed by atoms with E-state index in [9.17, 15) is 8.42 Å². The number of nitrogens with zero attached hydrogens (tertiary/aromatic N) is 3. The molecule has 2 aliphatic heterocycles. The van der Waals surface area contributed by atoms with E-state index in [0.29, 0.717) is 19.0 Å². The van der Waals surface area contributed by atoms with Crippen LogP contribution in [-0.4, -0.2) is 74.6 Å². The second-order valence-corrected chi connectivity index (χ2v) is 8.77. The monoisotopic (exact) mass is 341 g/mol. The van der Waals surface area contributed by atoms with Gasteiger partial charge in [0.25, 0.3) is 0 Å². The highest BCUT2D eigenvalue weighted by molar-refractivity contribution is 7.88. The van der Waals surface area contributed by atoms with E-state index in [1.807, 2.05) is 12.1 Å². The van der Waals surface area contributed by atoms with Crippen LogP contribution in [0, 0.1) is 5.92 Å². The van der Waals surface area contributed by atoms with Gasteiger partial charge in [-0.15, -0.1) is 0 Å². The molecule has 1 aromatic heterocycles. The van der Waals surface area contributed by atoms with Gasteiger partial charge in [-0.3, -0.25) is 4.90 Å². The Balaban J connectivity index is 1.43. The van der Waals surface area contributed by atoms with Crippen LogP contribution in [0.5, 0.6) is 0 Å². The van der Waals surface area contributed by atoms with E-state index >= 15 is 0 Å². The van der Waals surface area contributed by atoms with Crippen LogP contribution in [0.3, 0.4) is 0 Å². The predicted molar refractivity (Wildman–Crippen MR) is 89.6 cm³/mol. The number of piperazine rings is 1. The zero-order valence-electron chi connectivity index (χ0n) is 13.9. The molecule has 0 spiro atoms. The largest absolute Gasteiger partial charge is 0.468 e. The molecule has 2 saturated heterocycles. The van der Waals surface area contributed by atoms with Crippen LogP contribution < -0.4 is 0 Å². The van der Waals surface area contributed by atoms with E-state index in [2.05, 4.69) is 9.80 Å². The van der Waals surface area contributed by atoms with Gasteiger partial charge in [-0.05, 0) is 30.9 Å². The SMILES string of the molecule is CS(=O)(=O)N1CCC[C@@H](CN2CCN(Cc3ccco3)CC2)C1. The maximum Gasteiger partial charge on any atom is 0.211 e. The minimum absolute atomic E-state index is 0.468. The van der Waals surface area contributed by atoms with Gasteiger partial charge in [0.15, 0.2) is 0 Å². The molecule has 0 radical (unpaired) electrons. The van der Waals surface area contributed by atoms with E-state index < -0.39 is 10.0 Å². The maximum absolute atomic E-state index is 11.7. The molecule has 2 aliphatic rings. The third kappa shape index (κ3) is 4.79. The second-order valence-electron chi connectivity index (χ2n) is 6.79. The summed E-state index contributed by atoms with van der Waals surface area (Å²) in [4.78, 5) is 4.90. The molecule has 1 atom stereocenters. The molecular formula is C16H27N3O3S. The average Bonchev–Trinajstić information content (AvgIpc) is 3.02. The first-order valence-corrected chi connectivity index (χ1v) is 10.3. The van der Waals surface area contributed by atoms with E-state index in [-0.39, 0.29) is 0 Å². The van der Waals surface area contributed by atoms with Gasteiger partial charge in [0, 0.05) is 45.8 Å². The Hall–Kier alpha value is -0.890. The lowest BCUT2D eigenvalue weighted by atomic mass is 9.99. The molecule has 0 N–H and O–H groups in total. The third-order valence-corrected chi connectivity index (χ3v) is 6.16. The fourth-order valence-electron chi connectivity index (χ4n) is 3.60. The van der Waals surface area contributed by atoms with Gasteiger partial charge >= 0.3 is 0 Å². The van der Waals surface area contributed by atoms with Crippen LogP contribution in [-0.2, 0) is 16.6 Å². The predicted octanol–water partition coefficient (Wildman–Crippen LogP) is 1.07. The van der Waals surface area contributed by atoms with Gasteiger partial charge < -0.3 is 9.32 Å². The van der Waals surface area contributed by atoms with Gasteiger partial charge in [-0.25, -0.2) is 12.7 Å². The summed E-state index contributed by atoms with van der Waals surface area (Å²) in [5, 5.41) is 0. The van der Waals surface area contributed by atoms with E-state index in [1.54, 1.807) is 10.6 Å². The molecule has 3 heterocycles. The first-order valence-electron chi connectivity index (χ1n) is 8.43. The van der Waals surface area contributed by atoms with Crippen molar-refractivity contribution in [1.29, 1.82) is 0 Å². The van der Waals surface area contributed by atoms with E-state index in [1.165, 1.54) is 6.26 Å². The fourth-order valence-corrected chi connectivity index (χ4v) is 4.54. The first-order chi connectivity index (χ1) is 11.0. The molecule has 2 fully saturated rings. The maximum atomic E-state index is 11.7. The Morgan fingerprint density at radius 3 is 2.57 bits per heavy atom. The van der Waals surface area contributed by atoms with E-state index in [0.717, 1.165) is 57.9 Å². The number of rotatable bonds is 5. The summed E-state index contributed by atoms with van der Waals surface area (Å²) in [6, 6.07) is 3.95. The number of hydrogen-bond acceptors (Lipinski definition) is 5.